The summed E-state index contributed by atoms with van der Waals surface area (Å²) in [6, 6.07) is 0. The van der Waals surface area contributed by atoms with Gasteiger partial charge in [0.25, 0.3) is 0 Å². The van der Waals surface area contributed by atoms with Crippen LogP contribution in [0.1, 0.15) is 73.1 Å². The van der Waals surface area contributed by atoms with Crippen LogP contribution in [0.5, 0.6) is 0 Å². The van der Waals surface area contributed by atoms with Crippen LogP contribution in [0, 0.1) is 28.6 Å². The molecule has 0 aliphatic heterocycles. The van der Waals surface area contributed by atoms with Crippen molar-refractivity contribution < 1.29 is 28.6 Å². The molecule has 4 aliphatic carbocycles. The number of allylic oxidation sites excluding steroid dienone is 1. The summed E-state index contributed by atoms with van der Waals surface area (Å²) >= 11 is 0. The normalized spacial score (nSPS) is 50.1. The molecule has 0 unspecified atom stereocenters. The molecule has 166 valence electrons. The Labute approximate surface area is 177 Å². The van der Waals surface area contributed by atoms with Crippen LogP contribution >= 0.6 is 0 Å². The number of aliphatic hydroxyl groups excluding tert-OH is 1. The van der Waals surface area contributed by atoms with Crippen LogP contribution in [-0.2, 0) is 19.1 Å². The van der Waals surface area contributed by atoms with Gasteiger partial charge in [-0.05, 0) is 57.4 Å². The third-order valence-electron chi connectivity index (χ3n) is 9.36. The van der Waals surface area contributed by atoms with Gasteiger partial charge in [0.1, 0.15) is 5.67 Å². The SMILES string of the molecule is CC(=O)O[C@]1(C(C)=O)CC[C@H]2[C@@H]3CCC4=CC(=O)[C@H](C)C[C@]4(C)[C@@]3(F)[C@H](O)C[C@@]21C. The number of esters is 1. The molecule has 0 aromatic carbocycles. The molecule has 3 fully saturated rings. The van der Waals surface area contributed by atoms with E-state index in [-0.39, 0.29) is 29.8 Å². The van der Waals surface area contributed by atoms with Gasteiger partial charge >= 0.3 is 5.97 Å². The minimum atomic E-state index is -1.88. The van der Waals surface area contributed by atoms with Gasteiger partial charge in [-0.1, -0.05) is 26.3 Å². The summed E-state index contributed by atoms with van der Waals surface area (Å²) < 4.78 is 22.8. The van der Waals surface area contributed by atoms with Crippen LogP contribution in [0.15, 0.2) is 11.6 Å². The molecule has 6 heteroatoms. The summed E-state index contributed by atoms with van der Waals surface area (Å²) in [5.74, 6) is -1.65. The maximum Gasteiger partial charge on any atom is 0.303 e. The van der Waals surface area contributed by atoms with E-state index in [0.29, 0.717) is 32.1 Å². The van der Waals surface area contributed by atoms with Gasteiger partial charge < -0.3 is 9.84 Å². The van der Waals surface area contributed by atoms with E-state index in [1.807, 2.05) is 20.8 Å². The van der Waals surface area contributed by atoms with Crippen molar-refractivity contribution in [1.82, 2.24) is 0 Å². The molecule has 0 aromatic rings. The number of rotatable bonds is 2. The molecular formula is C24H33FO5. The number of ether oxygens (including phenoxy) is 1. The molecule has 0 bridgehead atoms. The first-order valence-electron chi connectivity index (χ1n) is 11.2. The topological polar surface area (TPSA) is 80.7 Å². The lowest BCUT2D eigenvalue weighted by atomic mass is 9.43. The number of aliphatic hydroxyl groups is 1. The third-order valence-corrected chi connectivity index (χ3v) is 9.36. The van der Waals surface area contributed by atoms with Crippen molar-refractivity contribution in [3.05, 3.63) is 11.6 Å². The number of carbonyl (C=O) groups excluding carboxylic acids is 3. The molecule has 0 aromatic heterocycles. The molecular weight excluding hydrogens is 387 g/mol. The lowest BCUT2D eigenvalue weighted by Crippen LogP contribution is -2.70. The summed E-state index contributed by atoms with van der Waals surface area (Å²) in [7, 11) is 0. The summed E-state index contributed by atoms with van der Waals surface area (Å²) in [6.45, 7) is 8.29. The minimum absolute atomic E-state index is 0.0333. The zero-order valence-corrected chi connectivity index (χ0v) is 18.6. The molecule has 1 N–H and O–H groups in total. The van der Waals surface area contributed by atoms with E-state index in [4.69, 9.17) is 4.74 Å². The van der Waals surface area contributed by atoms with Gasteiger partial charge in [0.05, 0.1) is 6.10 Å². The predicted molar refractivity (Wildman–Crippen MR) is 108 cm³/mol. The highest BCUT2D eigenvalue weighted by Crippen LogP contribution is 2.71. The number of hydrogen-bond acceptors (Lipinski definition) is 5. The number of ketones is 2. The van der Waals surface area contributed by atoms with Gasteiger partial charge in [0.15, 0.2) is 17.2 Å². The second-order valence-electron chi connectivity index (χ2n) is 10.7. The molecule has 0 spiro atoms. The van der Waals surface area contributed by atoms with Crippen molar-refractivity contribution in [2.45, 2.75) is 90.5 Å². The highest BCUT2D eigenvalue weighted by Gasteiger charge is 2.75. The van der Waals surface area contributed by atoms with Crippen molar-refractivity contribution in [3.63, 3.8) is 0 Å². The van der Waals surface area contributed by atoms with Crippen molar-refractivity contribution in [2.24, 2.45) is 28.6 Å². The molecule has 3 saturated carbocycles. The Morgan fingerprint density at radius 1 is 1.17 bits per heavy atom. The van der Waals surface area contributed by atoms with E-state index in [1.165, 1.54) is 13.8 Å². The first-order chi connectivity index (χ1) is 13.8. The fourth-order valence-corrected chi connectivity index (χ4v) is 7.94. The van der Waals surface area contributed by atoms with E-state index < -0.39 is 40.1 Å². The zero-order chi connectivity index (χ0) is 22.3. The van der Waals surface area contributed by atoms with Crippen LogP contribution in [0.25, 0.3) is 0 Å². The van der Waals surface area contributed by atoms with E-state index in [9.17, 15) is 19.5 Å². The monoisotopic (exact) mass is 420 g/mol. The quantitative estimate of drug-likeness (QED) is 0.689. The maximum atomic E-state index is 17.2. The average molecular weight is 421 g/mol. The summed E-state index contributed by atoms with van der Waals surface area (Å²) in [5.41, 5.74) is -4.12. The average Bonchev–Trinajstić information content (AvgIpc) is 2.91. The Morgan fingerprint density at radius 2 is 1.83 bits per heavy atom. The molecule has 5 nitrogen and oxygen atoms in total. The van der Waals surface area contributed by atoms with E-state index in [1.54, 1.807) is 6.08 Å². The molecule has 4 aliphatic rings. The van der Waals surface area contributed by atoms with Crippen LogP contribution in [-0.4, -0.2) is 40.0 Å². The number of carbonyl (C=O) groups is 3. The van der Waals surface area contributed by atoms with Crippen LogP contribution < -0.4 is 0 Å². The van der Waals surface area contributed by atoms with Crippen LogP contribution in [0.4, 0.5) is 4.39 Å². The standard InChI is InChI=1S/C24H33FO5/c1-13-11-21(4)16(10-19(13)28)6-7-18-17-8-9-23(14(2)26,30-15(3)27)22(17,5)12-20(29)24(18,21)25/h10,13,17-18,20,29H,6-9,11-12H2,1-5H3/t13-,17+,18+,20-,21+,22+,23+,24+/m1/s1. The molecule has 0 radical (unpaired) electrons. The number of alkyl halides is 1. The maximum absolute atomic E-state index is 17.2. The second-order valence-corrected chi connectivity index (χ2v) is 10.7. The van der Waals surface area contributed by atoms with Gasteiger partial charge in [0.2, 0.25) is 0 Å². The smallest absolute Gasteiger partial charge is 0.303 e. The van der Waals surface area contributed by atoms with E-state index in [0.717, 1.165) is 5.57 Å². The van der Waals surface area contributed by atoms with E-state index in [2.05, 4.69) is 0 Å². The fraction of sp³-hybridized carbons (Fsp3) is 0.792. The Morgan fingerprint density at radius 3 is 2.43 bits per heavy atom. The van der Waals surface area contributed by atoms with Gasteiger partial charge in [-0.15, -0.1) is 0 Å². The highest BCUT2D eigenvalue weighted by atomic mass is 19.1. The number of fused-ring (bicyclic) bond motifs is 5. The number of hydrogen-bond donors (Lipinski definition) is 1. The lowest BCUT2D eigenvalue weighted by Gasteiger charge is -2.64. The summed E-state index contributed by atoms with van der Waals surface area (Å²) in [5, 5.41) is 11.3. The Hall–Kier alpha value is -1.56. The second kappa shape index (κ2) is 6.47. The predicted octanol–water partition coefficient (Wildman–Crippen LogP) is 3.72. The Kier molecular flexibility index (Phi) is 4.67. The zero-order valence-electron chi connectivity index (χ0n) is 18.6. The highest BCUT2D eigenvalue weighted by molar-refractivity contribution is 5.93. The van der Waals surface area contributed by atoms with Crippen molar-refractivity contribution >= 4 is 17.5 Å². The number of Topliss-reactive ketones (excluding diaryl/α,β-unsaturated/α-hetero) is 1. The third kappa shape index (κ3) is 2.40. The molecule has 8 atom stereocenters. The van der Waals surface area contributed by atoms with E-state index >= 15 is 4.39 Å². The summed E-state index contributed by atoms with van der Waals surface area (Å²) in [6.07, 6.45) is 2.82. The fourth-order valence-electron chi connectivity index (χ4n) is 7.94. The van der Waals surface area contributed by atoms with Gasteiger partial charge in [0, 0.05) is 29.6 Å². The van der Waals surface area contributed by atoms with Crippen LogP contribution in [0.2, 0.25) is 0 Å². The number of halogens is 1. The van der Waals surface area contributed by atoms with Gasteiger partial charge in [-0.3, -0.25) is 14.4 Å². The first kappa shape index (κ1) is 21.7. The lowest BCUT2D eigenvalue weighted by molar-refractivity contribution is -0.232. The van der Waals surface area contributed by atoms with Crippen molar-refractivity contribution in [3.8, 4) is 0 Å². The Bertz CT molecular complexity index is 851. The first-order valence-corrected chi connectivity index (χ1v) is 11.2. The molecule has 4 rings (SSSR count). The van der Waals surface area contributed by atoms with Gasteiger partial charge in [-0.25, -0.2) is 4.39 Å². The Balaban J connectivity index is 1.82. The molecule has 0 heterocycles. The molecule has 0 saturated heterocycles. The molecule has 0 amide bonds. The summed E-state index contributed by atoms with van der Waals surface area (Å²) in [4.78, 5) is 37.0. The van der Waals surface area contributed by atoms with Crippen LogP contribution in [0.3, 0.4) is 0 Å². The van der Waals surface area contributed by atoms with Crippen molar-refractivity contribution in [1.29, 1.82) is 0 Å². The van der Waals surface area contributed by atoms with Crippen molar-refractivity contribution in [2.75, 3.05) is 0 Å². The van der Waals surface area contributed by atoms with Gasteiger partial charge in [-0.2, -0.15) is 0 Å². The molecule has 30 heavy (non-hydrogen) atoms. The minimum Gasteiger partial charge on any atom is -0.451 e. The largest absolute Gasteiger partial charge is 0.451 e.